The Morgan fingerprint density at radius 1 is 1.55 bits per heavy atom. The summed E-state index contributed by atoms with van der Waals surface area (Å²) >= 11 is 4.45. The second kappa shape index (κ2) is 2.86. The largest absolute Gasteiger partial charge is 0.261 e. The number of aromatic nitrogens is 1. The summed E-state index contributed by atoms with van der Waals surface area (Å²) in [6.07, 6.45) is 5.25. The second-order valence-corrected chi connectivity index (χ2v) is 3.74. The van der Waals surface area contributed by atoms with E-state index in [-0.39, 0.29) is 0 Å². The van der Waals surface area contributed by atoms with E-state index < -0.39 is 0 Å². The first-order valence-corrected chi connectivity index (χ1v) is 4.49. The zero-order chi connectivity index (χ0) is 7.68. The van der Waals surface area contributed by atoms with Crippen molar-refractivity contribution in [1.29, 1.82) is 0 Å². The first kappa shape index (κ1) is 7.17. The van der Waals surface area contributed by atoms with Crippen LogP contribution in [0.5, 0.6) is 0 Å². The number of thiol groups is 1. The van der Waals surface area contributed by atoms with Crippen molar-refractivity contribution in [2.75, 3.05) is 0 Å². The molecular formula is C9H11NS. The number of fused-ring (bicyclic) bond motifs is 1. The topological polar surface area (TPSA) is 12.9 Å². The molecule has 0 saturated carbocycles. The SMILES string of the molecule is SC1CCc2cccnc2C1. The van der Waals surface area contributed by atoms with Crippen molar-refractivity contribution < 1.29 is 0 Å². The smallest absolute Gasteiger partial charge is 0.0446 e. The summed E-state index contributed by atoms with van der Waals surface area (Å²) in [5, 5.41) is 0.525. The summed E-state index contributed by atoms with van der Waals surface area (Å²) in [6.45, 7) is 0. The van der Waals surface area contributed by atoms with Crippen LogP contribution in [0.25, 0.3) is 0 Å². The highest BCUT2D eigenvalue weighted by Gasteiger charge is 2.15. The highest BCUT2D eigenvalue weighted by atomic mass is 32.1. The molecule has 11 heavy (non-hydrogen) atoms. The fraction of sp³-hybridized carbons (Fsp3) is 0.444. The van der Waals surface area contributed by atoms with Crippen LogP contribution < -0.4 is 0 Å². The van der Waals surface area contributed by atoms with Gasteiger partial charge in [0.05, 0.1) is 0 Å². The van der Waals surface area contributed by atoms with Crippen LogP contribution in [-0.2, 0) is 12.8 Å². The molecule has 2 heteroatoms. The third kappa shape index (κ3) is 1.41. The molecule has 1 aliphatic carbocycles. The van der Waals surface area contributed by atoms with Gasteiger partial charge in [0.1, 0.15) is 0 Å². The van der Waals surface area contributed by atoms with Gasteiger partial charge in [-0.1, -0.05) is 6.07 Å². The third-order valence-corrected chi connectivity index (χ3v) is 2.60. The van der Waals surface area contributed by atoms with Gasteiger partial charge in [0.25, 0.3) is 0 Å². The van der Waals surface area contributed by atoms with E-state index in [1.807, 2.05) is 12.3 Å². The highest BCUT2D eigenvalue weighted by molar-refractivity contribution is 7.80. The van der Waals surface area contributed by atoms with E-state index in [0.717, 1.165) is 12.8 Å². The molecular weight excluding hydrogens is 154 g/mol. The Bertz CT molecular complexity index is 259. The second-order valence-electron chi connectivity index (χ2n) is 3.01. The van der Waals surface area contributed by atoms with Crippen molar-refractivity contribution in [3.63, 3.8) is 0 Å². The Morgan fingerprint density at radius 3 is 3.36 bits per heavy atom. The van der Waals surface area contributed by atoms with E-state index in [1.165, 1.54) is 17.7 Å². The van der Waals surface area contributed by atoms with E-state index in [9.17, 15) is 0 Å². The van der Waals surface area contributed by atoms with E-state index >= 15 is 0 Å². The zero-order valence-electron chi connectivity index (χ0n) is 6.33. The first-order chi connectivity index (χ1) is 5.36. The molecule has 1 nitrogen and oxygen atoms in total. The molecule has 1 unspecified atom stereocenters. The van der Waals surface area contributed by atoms with Gasteiger partial charge in [-0.05, 0) is 24.5 Å². The van der Waals surface area contributed by atoms with Crippen LogP contribution in [0.3, 0.4) is 0 Å². The minimum absolute atomic E-state index is 0.525. The Morgan fingerprint density at radius 2 is 2.45 bits per heavy atom. The molecule has 1 heterocycles. The fourth-order valence-electron chi connectivity index (χ4n) is 1.53. The Labute approximate surface area is 72.3 Å². The normalized spacial score (nSPS) is 22.8. The predicted molar refractivity (Wildman–Crippen MR) is 49.0 cm³/mol. The lowest BCUT2D eigenvalue weighted by Crippen LogP contribution is -2.14. The quantitative estimate of drug-likeness (QED) is 0.579. The summed E-state index contributed by atoms with van der Waals surface area (Å²) in [7, 11) is 0. The van der Waals surface area contributed by atoms with Crippen LogP contribution in [0.15, 0.2) is 18.3 Å². The summed E-state index contributed by atoms with van der Waals surface area (Å²) in [5.41, 5.74) is 2.66. The molecule has 2 rings (SSSR count). The van der Waals surface area contributed by atoms with E-state index in [1.54, 1.807) is 0 Å². The molecule has 1 aromatic heterocycles. The molecule has 1 atom stereocenters. The van der Waals surface area contributed by atoms with Crippen LogP contribution in [0.2, 0.25) is 0 Å². The highest BCUT2D eigenvalue weighted by Crippen LogP contribution is 2.21. The minimum Gasteiger partial charge on any atom is -0.261 e. The third-order valence-electron chi connectivity index (χ3n) is 2.16. The average Bonchev–Trinajstić information content (AvgIpc) is 2.04. The maximum atomic E-state index is 4.45. The van der Waals surface area contributed by atoms with E-state index in [0.29, 0.717) is 5.25 Å². The van der Waals surface area contributed by atoms with Crippen molar-refractivity contribution in [2.45, 2.75) is 24.5 Å². The molecule has 0 radical (unpaired) electrons. The average molecular weight is 165 g/mol. The van der Waals surface area contributed by atoms with Crippen LogP contribution >= 0.6 is 12.6 Å². The minimum atomic E-state index is 0.525. The lowest BCUT2D eigenvalue weighted by molar-refractivity contribution is 0.687. The summed E-state index contributed by atoms with van der Waals surface area (Å²) < 4.78 is 0. The first-order valence-electron chi connectivity index (χ1n) is 3.97. The van der Waals surface area contributed by atoms with Crippen LogP contribution in [-0.4, -0.2) is 10.2 Å². The molecule has 0 aliphatic heterocycles. The van der Waals surface area contributed by atoms with Gasteiger partial charge in [-0.15, -0.1) is 0 Å². The molecule has 0 fully saturated rings. The summed E-state index contributed by atoms with van der Waals surface area (Å²) in [6, 6.07) is 4.18. The summed E-state index contributed by atoms with van der Waals surface area (Å²) in [4.78, 5) is 4.32. The lowest BCUT2D eigenvalue weighted by Gasteiger charge is -2.18. The van der Waals surface area contributed by atoms with Gasteiger partial charge < -0.3 is 0 Å². The van der Waals surface area contributed by atoms with Crippen LogP contribution in [0.4, 0.5) is 0 Å². The molecule has 0 spiro atoms. The standard InChI is InChI=1S/C9H11NS/c11-8-4-3-7-2-1-5-10-9(7)6-8/h1-2,5,8,11H,3-4,6H2. The zero-order valence-corrected chi connectivity index (χ0v) is 7.22. The molecule has 1 aromatic rings. The number of aryl methyl sites for hydroxylation is 1. The maximum Gasteiger partial charge on any atom is 0.0446 e. The van der Waals surface area contributed by atoms with E-state index in [2.05, 4.69) is 23.7 Å². The predicted octanol–water partition coefficient (Wildman–Crippen LogP) is 1.87. The van der Waals surface area contributed by atoms with Crippen molar-refractivity contribution in [3.05, 3.63) is 29.6 Å². The van der Waals surface area contributed by atoms with Crippen molar-refractivity contribution >= 4 is 12.6 Å². The number of hydrogen-bond acceptors (Lipinski definition) is 2. The number of nitrogens with zero attached hydrogens (tertiary/aromatic N) is 1. The van der Waals surface area contributed by atoms with Crippen LogP contribution in [0, 0.1) is 0 Å². The number of rotatable bonds is 0. The molecule has 0 aromatic carbocycles. The molecule has 0 bridgehead atoms. The molecule has 58 valence electrons. The van der Waals surface area contributed by atoms with Gasteiger partial charge in [0.2, 0.25) is 0 Å². The Balaban J connectivity index is 2.34. The van der Waals surface area contributed by atoms with Crippen LogP contribution in [0.1, 0.15) is 17.7 Å². The van der Waals surface area contributed by atoms with Gasteiger partial charge in [0.15, 0.2) is 0 Å². The Hall–Kier alpha value is -0.500. The monoisotopic (exact) mass is 165 g/mol. The van der Waals surface area contributed by atoms with Gasteiger partial charge in [-0.2, -0.15) is 12.6 Å². The molecule has 0 amide bonds. The molecule has 0 N–H and O–H groups in total. The molecule has 1 aliphatic rings. The maximum absolute atomic E-state index is 4.45. The lowest BCUT2D eigenvalue weighted by atomic mass is 9.96. The van der Waals surface area contributed by atoms with Gasteiger partial charge in [0, 0.05) is 23.6 Å². The van der Waals surface area contributed by atoms with Crippen molar-refractivity contribution in [2.24, 2.45) is 0 Å². The number of hydrogen-bond donors (Lipinski definition) is 1. The van der Waals surface area contributed by atoms with Crippen molar-refractivity contribution in [1.82, 2.24) is 4.98 Å². The summed E-state index contributed by atoms with van der Waals surface area (Å²) in [5.74, 6) is 0. The molecule has 0 saturated heterocycles. The van der Waals surface area contributed by atoms with Gasteiger partial charge in [-0.25, -0.2) is 0 Å². The number of pyridine rings is 1. The Kier molecular flexibility index (Phi) is 1.86. The van der Waals surface area contributed by atoms with Crippen molar-refractivity contribution in [3.8, 4) is 0 Å². The van der Waals surface area contributed by atoms with Gasteiger partial charge >= 0.3 is 0 Å². The fourth-order valence-corrected chi connectivity index (χ4v) is 1.83. The van der Waals surface area contributed by atoms with Gasteiger partial charge in [-0.3, -0.25) is 4.98 Å². The van der Waals surface area contributed by atoms with E-state index in [4.69, 9.17) is 0 Å².